The molecule has 0 bridgehead atoms. The second-order valence-corrected chi connectivity index (χ2v) is 4.25. The molecule has 1 aliphatic heterocycles. The van der Waals surface area contributed by atoms with E-state index in [-0.39, 0.29) is 12.4 Å². The van der Waals surface area contributed by atoms with Crippen molar-refractivity contribution >= 4 is 12.4 Å². The minimum Gasteiger partial charge on any atom is -0.328 e. The van der Waals surface area contributed by atoms with E-state index in [0.717, 1.165) is 39.0 Å². The molecule has 1 aromatic rings. The zero-order chi connectivity index (χ0) is 10.7. The van der Waals surface area contributed by atoms with Gasteiger partial charge in [-0.1, -0.05) is 0 Å². The van der Waals surface area contributed by atoms with Gasteiger partial charge in [0.25, 0.3) is 0 Å². The van der Waals surface area contributed by atoms with Gasteiger partial charge in [0.15, 0.2) is 0 Å². The van der Waals surface area contributed by atoms with Crippen LogP contribution in [0.25, 0.3) is 0 Å². The van der Waals surface area contributed by atoms with Gasteiger partial charge in [-0.25, -0.2) is 0 Å². The van der Waals surface area contributed by atoms with Crippen molar-refractivity contribution in [2.45, 2.75) is 38.9 Å². The molecule has 1 fully saturated rings. The Morgan fingerprint density at radius 2 is 2.12 bits per heavy atom. The van der Waals surface area contributed by atoms with Crippen molar-refractivity contribution in [2.24, 2.45) is 5.73 Å². The molecule has 0 aromatic carbocycles. The van der Waals surface area contributed by atoms with Gasteiger partial charge in [-0.05, 0) is 25.8 Å². The van der Waals surface area contributed by atoms with E-state index < -0.39 is 0 Å². The van der Waals surface area contributed by atoms with Gasteiger partial charge in [-0.3, -0.25) is 9.58 Å². The summed E-state index contributed by atoms with van der Waals surface area (Å²) in [5, 5.41) is 4.28. The van der Waals surface area contributed by atoms with Crippen molar-refractivity contribution in [3.05, 3.63) is 18.0 Å². The third-order valence-electron chi connectivity index (χ3n) is 3.12. The van der Waals surface area contributed by atoms with E-state index in [1.54, 1.807) is 0 Å². The molecule has 92 valence electrons. The molecule has 0 saturated carbocycles. The topological polar surface area (TPSA) is 47.1 Å². The maximum absolute atomic E-state index is 5.88. The lowest BCUT2D eigenvalue weighted by atomic mass is 10.1. The number of hydrogen-bond donors (Lipinski definition) is 1. The van der Waals surface area contributed by atoms with Crippen LogP contribution in [0.15, 0.2) is 12.3 Å². The van der Waals surface area contributed by atoms with Gasteiger partial charge in [-0.2, -0.15) is 5.10 Å². The number of nitrogens with zero attached hydrogens (tertiary/aromatic N) is 3. The van der Waals surface area contributed by atoms with Crippen LogP contribution < -0.4 is 5.73 Å². The highest BCUT2D eigenvalue weighted by Gasteiger charge is 2.16. The Labute approximate surface area is 103 Å². The Balaban J connectivity index is 0.00000128. The Kier molecular flexibility index (Phi) is 5.25. The normalized spacial score (nSPS) is 18.4. The summed E-state index contributed by atoms with van der Waals surface area (Å²) in [6.45, 7) is 6.34. The summed E-state index contributed by atoms with van der Waals surface area (Å²) in [5.74, 6) is 0. The lowest BCUT2D eigenvalue weighted by molar-refractivity contribution is 0.200. The molecule has 4 nitrogen and oxygen atoms in total. The standard InChI is InChI=1S/C11H20N4.ClH/c1-2-15-11(3-6-13-15)9-14-7-4-10(12)5-8-14;/h3,6,10H,2,4-5,7-9,12H2,1H3;1H. The summed E-state index contributed by atoms with van der Waals surface area (Å²) in [6.07, 6.45) is 4.13. The molecule has 0 unspecified atom stereocenters. The summed E-state index contributed by atoms with van der Waals surface area (Å²) in [6, 6.07) is 2.52. The van der Waals surface area contributed by atoms with Crippen molar-refractivity contribution < 1.29 is 0 Å². The van der Waals surface area contributed by atoms with Crippen LogP contribution in [0.4, 0.5) is 0 Å². The van der Waals surface area contributed by atoms with E-state index in [1.807, 2.05) is 6.20 Å². The van der Waals surface area contributed by atoms with Crippen LogP contribution in [0.1, 0.15) is 25.5 Å². The maximum atomic E-state index is 5.88. The van der Waals surface area contributed by atoms with Gasteiger partial charge in [0, 0.05) is 38.4 Å². The first-order valence-electron chi connectivity index (χ1n) is 5.78. The zero-order valence-corrected chi connectivity index (χ0v) is 10.6. The molecule has 1 saturated heterocycles. The van der Waals surface area contributed by atoms with Crippen LogP contribution in [0.3, 0.4) is 0 Å². The summed E-state index contributed by atoms with van der Waals surface area (Å²) in [7, 11) is 0. The number of piperidine rings is 1. The number of likely N-dealkylation sites (tertiary alicyclic amines) is 1. The average Bonchev–Trinajstić information content (AvgIpc) is 2.69. The van der Waals surface area contributed by atoms with E-state index in [1.165, 1.54) is 5.69 Å². The molecule has 0 radical (unpaired) electrons. The van der Waals surface area contributed by atoms with Crippen molar-refractivity contribution in [3.8, 4) is 0 Å². The Morgan fingerprint density at radius 3 is 2.75 bits per heavy atom. The molecule has 1 aliphatic rings. The lowest BCUT2D eigenvalue weighted by Gasteiger charge is -2.29. The van der Waals surface area contributed by atoms with Crippen LogP contribution >= 0.6 is 12.4 Å². The molecule has 1 aromatic heterocycles. The number of aryl methyl sites for hydroxylation is 1. The maximum Gasteiger partial charge on any atom is 0.0524 e. The molecule has 0 aliphatic carbocycles. The minimum absolute atomic E-state index is 0. The first kappa shape index (κ1) is 13.5. The van der Waals surface area contributed by atoms with Gasteiger partial charge < -0.3 is 5.73 Å². The fraction of sp³-hybridized carbons (Fsp3) is 0.727. The molecule has 0 amide bonds. The molecule has 2 rings (SSSR count). The highest BCUT2D eigenvalue weighted by Crippen LogP contribution is 2.12. The Hall–Kier alpha value is -0.580. The first-order chi connectivity index (χ1) is 7.29. The van der Waals surface area contributed by atoms with Crippen molar-refractivity contribution in [1.82, 2.24) is 14.7 Å². The van der Waals surface area contributed by atoms with Gasteiger partial charge in [0.05, 0.1) is 5.69 Å². The Morgan fingerprint density at radius 1 is 1.44 bits per heavy atom. The number of rotatable bonds is 3. The fourth-order valence-corrected chi connectivity index (χ4v) is 2.12. The van der Waals surface area contributed by atoms with Crippen LogP contribution in [0.5, 0.6) is 0 Å². The molecule has 0 atom stereocenters. The molecule has 2 heterocycles. The van der Waals surface area contributed by atoms with E-state index in [2.05, 4.69) is 27.7 Å². The third kappa shape index (κ3) is 3.20. The van der Waals surface area contributed by atoms with Gasteiger partial charge in [0.1, 0.15) is 0 Å². The van der Waals surface area contributed by atoms with E-state index in [9.17, 15) is 0 Å². The lowest BCUT2D eigenvalue weighted by Crippen LogP contribution is -2.39. The number of nitrogens with two attached hydrogens (primary N) is 1. The summed E-state index contributed by atoms with van der Waals surface area (Å²) >= 11 is 0. The number of aromatic nitrogens is 2. The summed E-state index contributed by atoms with van der Waals surface area (Å²) < 4.78 is 2.06. The number of halogens is 1. The van der Waals surface area contributed by atoms with Gasteiger partial charge in [-0.15, -0.1) is 12.4 Å². The molecule has 0 spiro atoms. The molecular formula is C11H21ClN4. The predicted octanol–water partition coefficient (Wildman–Crippen LogP) is 1.25. The fourth-order valence-electron chi connectivity index (χ4n) is 2.12. The highest BCUT2D eigenvalue weighted by molar-refractivity contribution is 5.85. The van der Waals surface area contributed by atoms with Crippen LogP contribution in [-0.2, 0) is 13.1 Å². The zero-order valence-electron chi connectivity index (χ0n) is 9.80. The smallest absolute Gasteiger partial charge is 0.0524 e. The quantitative estimate of drug-likeness (QED) is 0.871. The molecule has 2 N–H and O–H groups in total. The second kappa shape index (κ2) is 6.23. The molecule has 16 heavy (non-hydrogen) atoms. The first-order valence-corrected chi connectivity index (χ1v) is 5.78. The van der Waals surface area contributed by atoms with Gasteiger partial charge >= 0.3 is 0 Å². The second-order valence-electron chi connectivity index (χ2n) is 4.25. The Bertz CT molecular complexity index is 305. The predicted molar refractivity (Wildman–Crippen MR) is 67.6 cm³/mol. The largest absolute Gasteiger partial charge is 0.328 e. The van der Waals surface area contributed by atoms with Crippen LogP contribution in [0.2, 0.25) is 0 Å². The molecule has 5 heteroatoms. The minimum atomic E-state index is 0. The van der Waals surface area contributed by atoms with Crippen molar-refractivity contribution in [3.63, 3.8) is 0 Å². The monoisotopic (exact) mass is 244 g/mol. The van der Waals surface area contributed by atoms with Gasteiger partial charge in [0.2, 0.25) is 0 Å². The van der Waals surface area contributed by atoms with Crippen LogP contribution in [-0.4, -0.2) is 33.8 Å². The van der Waals surface area contributed by atoms with Crippen molar-refractivity contribution in [1.29, 1.82) is 0 Å². The molecular weight excluding hydrogens is 224 g/mol. The van der Waals surface area contributed by atoms with E-state index in [4.69, 9.17) is 5.73 Å². The average molecular weight is 245 g/mol. The van der Waals surface area contributed by atoms with E-state index >= 15 is 0 Å². The van der Waals surface area contributed by atoms with Crippen molar-refractivity contribution in [2.75, 3.05) is 13.1 Å². The number of hydrogen-bond acceptors (Lipinski definition) is 3. The van der Waals surface area contributed by atoms with E-state index in [0.29, 0.717) is 6.04 Å². The highest BCUT2D eigenvalue weighted by atomic mass is 35.5. The summed E-state index contributed by atoms with van der Waals surface area (Å²) in [5.41, 5.74) is 7.20. The SMILES string of the molecule is CCn1nccc1CN1CCC(N)CC1.Cl. The third-order valence-corrected chi connectivity index (χ3v) is 3.12. The van der Waals surface area contributed by atoms with Crippen LogP contribution in [0, 0.1) is 0 Å². The summed E-state index contributed by atoms with van der Waals surface area (Å²) in [4.78, 5) is 2.46.